The van der Waals surface area contributed by atoms with Crippen molar-refractivity contribution in [1.82, 2.24) is 5.16 Å². The summed E-state index contributed by atoms with van der Waals surface area (Å²) < 4.78 is 5.34. The molecule has 0 spiro atoms. The lowest BCUT2D eigenvalue weighted by molar-refractivity contribution is 0.443. The summed E-state index contributed by atoms with van der Waals surface area (Å²) in [5.41, 5.74) is 4.73. The van der Waals surface area contributed by atoms with E-state index < -0.39 is 0 Å². The summed E-state index contributed by atoms with van der Waals surface area (Å²) in [6.45, 7) is 6.70. The largest absolute Gasteiger partial charge is 0.508 e. The Morgan fingerprint density at radius 3 is 2.41 bits per heavy atom. The summed E-state index contributed by atoms with van der Waals surface area (Å²) in [4.78, 5) is 0. The third-order valence-corrected chi connectivity index (χ3v) is 4.60. The molecule has 0 atom stereocenters. The first-order valence-electron chi connectivity index (χ1n) is 9.82. The maximum Gasteiger partial charge on any atom is 0.167 e. The maximum atomic E-state index is 10.3. The molecule has 3 N–H and O–H groups in total. The number of fused-ring (bicyclic) bond motifs is 1. The van der Waals surface area contributed by atoms with Gasteiger partial charge in [0, 0.05) is 29.2 Å². The van der Waals surface area contributed by atoms with Crippen LogP contribution in [-0.4, -0.2) is 21.9 Å². The summed E-state index contributed by atoms with van der Waals surface area (Å²) in [5, 5.41) is 28.8. The molecule has 0 amide bonds. The standard InChI is InChI=1S/C22H20N2O3.C2H6/c1-14-6-8-16(9-7-14)23-11-10-15-12-18(20(26)13-19(15)25)22-17-4-2-3-5-21(17)27-24-22;1-2/h2-9,12-13,23,25-26H,10-11H2,1H3;1-2H3. The normalized spacial score (nSPS) is 10.4. The summed E-state index contributed by atoms with van der Waals surface area (Å²) in [6, 6.07) is 18.8. The van der Waals surface area contributed by atoms with Crippen molar-refractivity contribution in [3.05, 3.63) is 71.8 Å². The Morgan fingerprint density at radius 2 is 1.66 bits per heavy atom. The van der Waals surface area contributed by atoms with Crippen LogP contribution in [0, 0.1) is 6.92 Å². The Hall–Kier alpha value is -3.47. The van der Waals surface area contributed by atoms with Gasteiger partial charge in [-0.1, -0.05) is 48.8 Å². The zero-order valence-electron chi connectivity index (χ0n) is 16.9. The van der Waals surface area contributed by atoms with Crippen molar-refractivity contribution >= 4 is 16.7 Å². The predicted molar refractivity (Wildman–Crippen MR) is 117 cm³/mol. The highest BCUT2D eigenvalue weighted by molar-refractivity contribution is 5.93. The molecule has 0 aliphatic heterocycles. The number of benzene rings is 3. The van der Waals surface area contributed by atoms with Crippen LogP contribution in [0.5, 0.6) is 11.5 Å². The average molecular weight is 390 g/mol. The van der Waals surface area contributed by atoms with Gasteiger partial charge < -0.3 is 20.1 Å². The van der Waals surface area contributed by atoms with E-state index in [4.69, 9.17) is 4.52 Å². The first kappa shape index (κ1) is 20.3. The quantitative estimate of drug-likeness (QED) is 0.396. The molecule has 4 rings (SSSR count). The third kappa shape index (κ3) is 4.51. The Balaban J connectivity index is 0.00000117. The fourth-order valence-corrected chi connectivity index (χ4v) is 3.11. The molecule has 4 aromatic rings. The van der Waals surface area contributed by atoms with Gasteiger partial charge in [0.1, 0.15) is 17.2 Å². The number of phenols is 2. The average Bonchev–Trinajstić information content (AvgIpc) is 3.16. The van der Waals surface area contributed by atoms with Gasteiger partial charge >= 0.3 is 0 Å². The van der Waals surface area contributed by atoms with Gasteiger partial charge in [0.15, 0.2) is 5.58 Å². The minimum atomic E-state index is -0.0261. The number of nitrogens with zero attached hydrogens (tertiary/aromatic N) is 1. The monoisotopic (exact) mass is 390 g/mol. The lowest BCUT2D eigenvalue weighted by Gasteiger charge is -2.11. The van der Waals surface area contributed by atoms with Gasteiger partial charge in [-0.2, -0.15) is 0 Å². The molecular weight excluding hydrogens is 364 g/mol. The van der Waals surface area contributed by atoms with E-state index in [0.29, 0.717) is 29.8 Å². The zero-order valence-corrected chi connectivity index (χ0v) is 16.9. The van der Waals surface area contributed by atoms with Gasteiger partial charge in [0.05, 0.1) is 0 Å². The molecular formula is C24H26N2O3. The SMILES string of the molecule is CC.Cc1ccc(NCCc2cc(-c3noc4ccccc34)c(O)cc2O)cc1. The number of phenolic OH excluding ortho intramolecular Hbond substituents is 2. The van der Waals surface area contributed by atoms with Crippen LogP contribution in [0.4, 0.5) is 5.69 Å². The van der Waals surface area contributed by atoms with Crippen LogP contribution in [0.1, 0.15) is 25.0 Å². The van der Waals surface area contributed by atoms with Crippen LogP contribution >= 0.6 is 0 Å². The molecule has 0 aliphatic rings. The number of nitrogens with one attached hydrogen (secondary N) is 1. The minimum absolute atomic E-state index is 0.0261. The molecule has 1 heterocycles. The molecule has 0 bridgehead atoms. The summed E-state index contributed by atoms with van der Waals surface area (Å²) >= 11 is 0. The molecule has 5 nitrogen and oxygen atoms in total. The van der Waals surface area contributed by atoms with E-state index in [2.05, 4.69) is 10.5 Å². The fourth-order valence-electron chi connectivity index (χ4n) is 3.11. The van der Waals surface area contributed by atoms with Crippen LogP contribution in [0.3, 0.4) is 0 Å². The van der Waals surface area contributed by atoms with Crippen molar-refractivity contribution in [3.8, 4) is 22.8 Å². The molecule has 0 saturated carbocycles. The third-order valence-electron chi connectivity index (χ3n) is 4.60. The van der Waals surface area contributed by atoms with E-state index in [9.17, 15) is 10.2 Å². The summed E-state index contributed by atoms with van der Waals surface area (Å²) in [7, 11) is 0. The number of anilines is 1. The second-order valence-corrected chi connectivity index (χ2v) is 6.57. The molecule has 0 fully saturated rings. The molecule has 0 aliphatic carbocycles. The number of hydrogen-bond donors (Lipinski definition) is 3. The van der Waals surface area contributed by atoms with Crippen molar-refractivity contribution in [3.63, 3.8) is 0 Å². The number of aryl methyl sites for hydroxylation is 1. The van der Waals surface area contributed by atoms with Crippen molar-refractivity contribution < 1.29 is 14.7 Å². The lowest BCUT2D eigenvalue weighted by Crippen LogP contribution is -2.05. The Kier molecular flexibility index (Phi) is 6.39. The predicted octanol–water partition coefficient (Wildman–Crippen LogP) is 5.90. The highest BCUT2D eigenvalue weighted by atomic mass is 16.5. The molecule has 5 heteroatoms. The Bertz CT molecular complexity index is 1090. The molecule has 0 unspecified atom stereocenters. The second kappa shape index (κ2) is 9.15. The Labute approximate surface area is 170 Å². The van der Waals surface area contributed by atoms with E-state index in [-0.39, 0.29) is 11.5 Å². The second-order valence-electron chi connectivity index (χ2n) is 6.57. The van der Waals surface area contributed by atoms with Crippen LogP contribution < -0.4 is 5.32 Å². The van der Waals surface area contributed by atoms with Crippen molar-refractivity contribution in [1.29, 1.82) is 0 Å². The van der Waals surface area contributed by atoms with Crippen molar-refractivity contribution in [2.24, 2.45) is 0 Å². The molecule has 29 heavy (non-hydrogen) atoms. The van der Waals surface area contributed by atoms with E-state index in [0.717, 1.165) is 16.6 Å². The van der Waals surface area contributed by atoms with Crippen LogP contribution in [0.15, 0.2) is 65.2 Å². The Morgan fingerprint density at radius 1 is 0.931 bits per heavy atom. The van der Waals surface area contributed by atoms with E-state index in [1.54, 1.807) is 6.07 Å². The van der Waals surface area contributed by atoms with Crippen molar-refractivity contribution in [2.45, 2.75) is 27.2 Å². The fraction of sp³-hybridized carbons (Fsp3) is 0.208. The van der Waals surface area contributed by atoms with Gasteiger partial charge in [0.2, 0.25) is 0 Å². The number of aromatic nitrogens is 1. The van der Waals surface area contributed by atoms with Crippen LogP contribution in [0.2, 0.25) is 0 Å². The van der Waals surface area contributed by atoms with Gasteiger partial charge in [-0.15, -0.1) is 0 Å². The smallest absolute Gasteiger partial charge is 0.167 e. The van der Waals surface area contributed by atoms with Gasteiger partial charge in [-0.25, -0.2) is 0 Å². The van der Waals surface area contributed by atoms with Gasteiger partial charge in [-0.05, 0) is 49.2 Å². The number of hydrogen-bond acceptors (Lipinski definition) is 5. The van der Waals surface area contributed by atoms with E-state index in [1.807, 2.05) is 69.3 Å². The molecule has 150 valence electrons. The lowest BCUT2D eigenvalue weighted by atomic mass is 10.0. The van der Waals surface area contributed by atoms with Crippen molar-refractivity contribution in [2.75, 3.05) is 11.9 Å². The highest BCUT2D eigenvalue weighted by Gasteiger charge is 2.16. The molecule has 3 aromatic carbocycles. The summed E-state index contributed by atoms with van der Waals surface area (Å²) in [6.07, 6.45) is 0.600. The number of para-hydroxylation sites is 1. The maximum absolute atomic E-state index is 10.3. The summed E-state index contributed by atoms with van der Waals surface area (Å²) in [5.74, 6) is 0.0385. The topological polar surface area (TPSA) is 78.5 Å². The van der Waals surface area contributed by atoms with Gasteiger partial charge in [-0.3, -0.25) is 0 Å². The van der Waals surface area contributed by atoms with E-state index >= 15 is 0 Å². The van der Waals surface area contributed by atoms with E-state index in [1.165, 1.54) is 11.6 Å². The first-order valence-corrected chi connectivity index (χ1v) is 9.82. The molecule has 0 radical (unpaired) electrons. The molecule has 0 saturated heterocycles. The van der Waals surface area contributed by atoms with Crippen LogP contribution in [0.25, 0.3) is 22.2 Å². The number of rotatable bonds is 5. The zero-order chi connectivity index (χ0) is 20.8. The number of aromatic hydroxyl groups is 2. The first-order chi connectivity index (χ1) is 14.1. The molecule has 1 aromatic heterocycles. The van der Waals surface area contributed by atoms with Crippen LogP contribution in [-0.2, 0) is 6.42 Å². The van der Waals surface area contributed by atoms with Gasteiger partial charge in [0.25, 0.3) is 0 Å². The highest BCUT2D eigenvalue weighted by Crippen LogP contribution is 2.37. The minimum Gasteiger partial charge on any atom is -0.508 e.